The number of fused-ring (bicyclic) bond motifs is 3. The average molecular weight is 323 g/mol. The Hall–Kier alpha value is -2.89. The van der Waals surface area contributed by atoms with Crippen molar-refractivity contribution in [3.63, 3.8) is 0 Å². The fraction of sp³-hybridized carbons (Fsp3) is 0.278. The molecule has 6 heteroatoms. The van der Waals surface area contributed by atoms with E-state index in [-0.39, 0.29) is 24.1 Å². The molecule has 1 aromatic heterocycles. The fourth-order valence-electron chi connectivity index (χ4n) is 3.39. The Morgan fingerprint density at radius 1 is 1.38 bits per heavy atom. The largest absolute Gasteiger partial charge is 0.442 e. The number of hydrogen-bond donors (Lipinski definition) is 1. The minimum atomic E-state index is -0.348. The van der Waals surface area contributed by atoms with E-state index >= 15 is 0 Å². The standard InChI is InChI=1S/C18H17N3O3/c1-11(22)20-10-17-16-9-13-8-12(14-4-2-3-7-19-14)5-6-15(13)21(16)18(23)24-17/h2-8,16-17H,9-10H2,1H3,(H,20,22). The highest BCUT2D eigenvalue weighted by molar-refractivity contribution is 5.94. The topological polar surface area (TPSA) is 71.5 Å². The predicted molar refractivity (Wildman–Crippen MR) is 88.6 cm³/mol. The molecule has 3 heterocycles. The highest BCUT2D eigenvalue weighted by Gasteiger charge is 2.47. The predicted octanol–water partition coefficient (Wildman–Crippen LogP) is 2.13. The van der Waals surface area contributed by atoms with Crippen LogP contribution in [0.25, 0.3) is 11.3 Å². The van der Waals surface area contributed by atoms with Gasteiger partial charge in [0.15, 0.2) is 0 Å². The lowest BCUT2D eigenvalue weighted by atomic mass is 10.0. The summed E-state index contributed by atoms with van der Waals surface area (Å²) in [6.07, 6.45) is 1.81. The molecule has 2 aliphatic heterocycles. The summed E-state index contributed by atoms with van der Waals surface area (Å²) in [7, 11) is 0. The van der Waals surface area contributed by atoms with Gasteiger partial charge >= 0.3 is 6.09 Å². The number of aromatic nitrogens is 1. The molecule has 2 aromatic rings. The third kappa shape index (κ3) is 2.40. The quantitative estimate of drug-likeness (QED) is 0.939. The summed E-state index contributed by atoms with van der Waals surface area (Å²) in [5, 5.41) is 2.73. The number of cyclic esters (lactones) is 1. The molecule has 0 bridgehead atoms. The molecule has 2 aliphatic rings. The van der Waals surface area contributed by atoms with Crippen LogP contribution in [-0.2, 0) is 16.0 Å². The summed E-state index contributed by atoms with van der Waals surface area (Å²) in [4.78, 5) is 29.4. The number of hydrogen-bond acceptors (Lipinski definition) is 4. The van der Waals surface area contributed by atoms with Crippen LogP contribution in [0.1, 0.15) is 12.5 Å². The summed E-state index contributed by atoms with van der Waals surface area (Å²) in [5.41, 5.74) is 3.93. The van der Waals surface area contributed by atoms with Gasteiger partial charge in [0.2, 0.25) is 5.91 Å². The van der Waals surface area contributed by atoms with E-state index in [1.54, 1.807) is 11.1 Å². The summed E-state index contributed by atoms with van der Waals surface area (Å²) >= 11 is 0. The van der Waals surface area contributed by atoms with E-state index in [2.05, 4.69) is 16.4 Å². The van der Waals surface area contributed by atoms with Gasteiger partial charge in [-0.25, -0.2) is 4.79 Å². The van der Waals surface area contributed by atoms with Crippen molar-refractivity contribution in [2.75, 3.05) is 11.4 Å². The van der Waals surface area contributed by atoms with E-state index < -0.39 is 0 Å². The molecule has 2 unspecified atom stereocenters. The van der Waals surface area contributed by atoms with Crippen LogP contribution >= 0.6 is 0 Å². The van der Waals surface area contributed by atoms with Crippen LogP contribution in [0, 0.1) is 0 Å². The summed E-state index contributed by atoms with van der Waals surface area (Å²) in [6, 6.07) is 11.7. The first-order chi connectivity index (χ1) is 11.6. The average Bonchev–Trinajstić information content (AvgIpc) is 3.11. The number of anilines is 1. The minimum absolute atomic E-state index is 0.0710. The van der Waals surface area contributed by atoms with Gasteiger partial charge < -0.3 is 10.1 Å². The number of amides is 2. The molecular weight excluding hydrogens is 306 g/mol. The minimum Gasteiger partial charge on any atom is -0.442 e. The summed E-state index contributed by atoms with van der Waals surface area (Å²) in [5.74, 6) is -0.127. The zero-order valence-electron chi connectivity index (χ0n) is 13.2. The smallest absolute Gasteiger partial charge is 0.415 e. The second-order valence-electron chi connectivity index (χ2n) is 6.06. The maximum atomic E-state index is 12.2. The lowest BCUT2D eigenvalue weighted by molar-refractivity contribution is -0.119. The lowest BCUT2D eigenvalue weighted by Gasteiger charge is -2.16. The number of nitrogens with zero attached hydrogens (tertiary/aromatic N) is 2. The van der Waals surface area contributed by atoms with Crippen LogP contribution in [0.4, 0.5) is 10.5 Å². The van der Waals surface area contributed by atoms with Crippen LogP contribution in [0.15, 0.2) is 42.6 Å². The lowest BCUT2D eigenvalue weighted by Crippen LogP contribution is -2.40. The SMILES string of the molecule is CC(=O)NCC1OC(=O)N2c3ccc(-c4ccccn4)cc3CC12. The summed E-state index contributed by atoms with van der Waals surface area (Å²) < 4.78 is 5.41. The van der Waals surface area contributed by atoms with Gasteiger partial charge in [0, 0.05) is 18.7 Å². The zero-order valence-corrected chi connectivity index (χ0v) is 13.2. The van der Waals surface area contributed by atoms with Crippen LogP contribution in [-0.4, -0.2) is 35.7 Å². The highest BCUT2D eigenvalue weighted by Crippen LogP contribution is 2.40. The Kier molecular flexibility index (Phi) is 3.45. The van der Waals surface area contributed by atoms with Crippen molar-refractivity contribution in [1.29, 1.82) is 0 Å². The molecule has 0 spiro atoms. The van der Waals surface area contributed by atoms with Crippen LogP contribution in [0.3, 0.4) is 0 Å². The molecule has 0 saturated carbocycles. The number of benzene rings is 1. The first-order valence-corrected chi connectivity index (χ1v) is 7.92. The molecule has 0 radical (unpaired) electrons. The number of carbonyl (C=O) groups is 2. The van der Waals surface area contributed by atoms with Gasteiger partial charge in [-0.1, -0.05) is 12.1 Å². The zero-order chi connectivity index (χ0) is 16.7. The molecule has 1 saturated heterocycles. The van der Waals surface area contributed by atoms with Gasteiger partial charge in [0.25, 0.3) is 0 Å². The van der Waals surface area contributed by atoms with Crippen molar-refractivity contribution in [2.45, 2.75) is 25.5 Å². The van der Waals surface area contributed by atoms with E-state index in [1.807, 2.05) is 30.3 Å². The van der Waals surface area contributed by atoms with E-state index in [0.717, 1.165) is 22.5 Å². The second kappa shape index (κ2) is 5.63. The molecular formula is C18H17N3O3. The van der Waals surface area contributed by atoms with Gasteiger partial charge in [0.1, 0.15) is 6.10 Å². The normalized spacial score (nSPS) is 21.2. The van der Waals surface area contributed by atoms with Crippen molar-refractivity contribution in [2.24, 2.45) is 0 Å². The van der Waals surface area contributed by atoms with Gasteiger partial charge in [-0.3, -0.25) is 14.7 Å². The molecule has 4 rings (SSSR count). The fourth-order valence-corrected chi connectivity index (χ4v) is 3.39. The Morgan fingerprint density at radius 2 is 2.25 bits per heavy atom. The monoisotopic (exact) mass is 323 g/mol. The van der Waals surface area contributed by atoms with E-state index in [1.165, 1.54) is 6.92 Å². The molecule has 0 aliphatic carbocycles. The number of carbonyl (C=O) groups excluding carboxylic acids is 2. The molecule has 2 amide bonds. The second-order valence-corrected chi connectivity index (χ2v) is 6.06. The Bertz CT molecular complexity index is 806. The molecule has 1 aromatic carbocycles. The van der Waals surface area contributed by atoms with E-state index in [9.17, 15) is 9.59 Å². The molecule has 122 valence electrons. The van der Waals surface area contributed by atoms with Crippen molar-refractivity contribution >= 4 is 17.7 Å². The van der Waals surface area contributed by atoms with Gasteiger partial charge in [0.05, 0.1) is 24.0 Å². The first kappa shape index (κ1) is 14.7. The number of ether oxygens (including phenoxy) is 1. The van der Waals surface area contributed by atoms with Crippen molar-refractivity contribution in [3.05, 3.63) is 48.2 Å². The molecule has 1 fully saturated rings. The van der Waals surface area contributed by atoms with Crippen LogP contribution < -0.4 is 10.2 Å². The molecule has 1 N–H and O–H groups in total. The van der Waals surface area contributed by atoms with E-state index in [0.29, 0.717) is 13.0 Å². The van der Waals surface area contributed by atoms with Crippen molar-refractivity contribution < 1.29 is 14.3 Å². The highest BCUT2D eigenvalue weighted by atomic mass is 16.6. The van der Waals surface area contributed by atoms with Crippen LogP contribution in [0.5, 0.6) is 0 Å². The maximum absolute atomic E-state index is 12.2. The van der Waals surface area contributed by atoms with Crippen LogP contribution in [0.2, 0.25) is 0 Å². The molecule has 2 atom stereocenters. The number of rotatable bonds is 3. The van der Waals surface area contributed by atoms with Gasteiger partial charge in [-0.05, 0) is 36.2 Å². The number of nitrogens with one attached hydrogen (secondary N) is 1. The van der Waals surface area contributed by atoms with E-state index in [4.69, 9.17) is 4.74 Å². The third-order valence-corrected chi connectivity index (χ3v) is 4.49. The van der Waals surface area contributed by atoms with Crippen molar-refractivity contribution in [1.82, 2.24) is 10.3 Å². The first-order valence-electron chi connectivity index (χ1n) is 7.92. The Morgan fingerprint density at radius 3 is 3.00 bits per heavy atom. The Balaban J connectivity index is 1.62. The maximum Gasteiger partial charge on any atom is 0.415 e. The van der Waals surface area contributed by atoms with Crippen molar-refractivity contribution in [3.8, 4) is 11.3 Å². The van der Waals surface area contributed by atoms with Gasteiger partial charge in [-0.2, -0.15) is 0 Å². The molecule has 6 nitrogen and oxygen atoms in total. The molecule has 24 heavy (non-hydrogen) atoms. The summed E-state index contributed by atoms with van der Waals surface area (Å²) in [6.45, 7) is 1.79. The number of pyridine rings is 1. The Labute approximate surface area is 139 Å². The van der Waals surface area contributed by atoms with Gasteiger partial charge in [-0.15, -0.1) is 0 Å². The third-order valence-electron chi connectivity index (χ3n) is 4.49.